The summed E-state index contributed by atoms with van der Waals surface area (Å²) in [6.45, 7) is 0. The van der Waals surface area contributed by atoms with Crippen molar-refractivity contribution in [3.8, 4) is 0 Å². The summed E-state index contributed by atoms with van der Waals surface area (Å²) in [5.74, 6) is -0.659. The molecule has 8 heteroatoms. The fourth-order valence-electron chi connectivity index (χ4n) is 0.711. The molecule has 0 atom stereocenters. The van der Waals surface area contributed by atoms with Gasteiger partial charge in [-0.15, -0.1) is 0 Å². The van der Waals surface area contributed by atoms with Gasteiger partial charge in [-0.25, -0.2) is 9.78 Å². The number of imide groups is 1. The largest absolute Gasteiger partial charge is 0.397 e. The number of aromatic nitrogens is 2. The van der Waals surface area contributed by atoms with Crippen LogP contribution in [0.2, 0.25) is 0 Å². The van der Waals surface area contributed by atoms with Gasteiger partial charge >= 0.3 is 6.03 Å². The fourth-order valence-corrected chi connectivity index (χ4v) is 0.711. The molecule has 0 saturated carbocycles. The number of rotatable bonds is 2. The number of nitrogens with one attached hydrogen (secondary N) is 1. The van der Waals surface area contributed by atoms with E-state index in [1.165, 1.54) is 24.3 Å². The predicted octanol–water partition coefficient (Wildman–Crippen LogP) is -1.76. The van der Waals surface area contributed by atoms with Crippen LogP contribution in [0, 0.1) is 0 Å². The van der Waals surface area contributed by atoms with Gasteiger partial charge in [-0.1, -0.05) is 0 Å². The van der Waals surface area contributed by atoms with Crippen LogP contribution in [0.1, 0.15) is 10.5 Å². The van der Waals surface area contributed by atoms with E-state index in [4.69, 9.17) is 13.5 Å². The molecule has 0 bridgehead atoms. The average molecular weight is 175 g/mol. The van der Waals surface area contributed by atoms with Gasteiger partial charge in [0.15, 0.2) is 7.31 Å². The molecule has 1 rings (SSSR count). The van der Waals surface area contributed by atoms with Crippen molar-refractivity contribution < 1.29 is 9.59 Å². The molecule has 0 aromatic carbocycles. The Morgan fingerprint density at radius 2 is 2.38 bits per heavy atom. The number of amides is 3. The van der Waals surface area contributed by atoms with Crippen molar-refractivity contribution in [3.63, 3.8) is 0 Å². The highest BCUT2D eigenvalue weighted by Gasteiger charge is 2.09. The summed E-state index contributed by atoms with van der Waals surface area (Å²) in [5.41, 5.74) is 4.80. The van der Waals surface area contributed by atoms with Crippen LogP contribution >= 0.6 is 0 Å². The molecule has 3 radical (unpaired) electrons. The van der Waals surface area contributed by atoms with Gasteiger partial charge in [0.1, 0.15) is 5.69 Å². The molecular weight excluding hydrogens is 170 g/mol. The normalized spacial score (nSPS) is 9.23. The molecule has 0 aliphatic rings. The summed E-state index contributed by atoms with van der Waals surface area (Å²) in [6.07, 6.45) is 2.69. The number of carbonyl (C=O) groups is 2. The van der Waals surface area contributed by atoms with Gasteiger partial charge in [-0.05, 0) is 0 Å². The molecule has 1 aromatic heterocycles. The number of hydrogen-bond acceptors (Lipinski definition) is 3. The van der Waals surface area contributed by atoms with Crippen LogP contribution in [0.3, 0.4) is 0 Å². The molecule has 6 nitrogen and oxygen atoms in total. The highest BCUT2D eigenvalue weighted by molar-refractivity contribution is 6.88. The van der Waals surface area contributed by atoms with Gasteiger partial charge < -0.3 is 10.2 Å². The van der Waals surface area contributed by atoms with Gasteiger partial charge in [-0.2, -0.15) is 0 Å². The number of urea groups is 1. The van der Waals surface area contributed by atoms with E-state index in [0.717, 1.165) is 0 Å². The number of primary amides is 1. The lowest BCUT2D eigenvalue weighted by Gasteiger charge is -1.95. The van der Waals surface area contributed by atoms with E-state index in [0.29, 0.717) is 0 Å². The first kappa shape index (κ1) is 9.37. The summed E-state index contributed by atoms with van der Waals surface area (Å²) < 4.78 is 1.37. The Bertz CT molecular complexity index is 337. The van der Waals surface area contributed by atoms with E-state index in [1.54, 1.807) is 0 Å². The van der Waals surface area contributed by atoms with Gasteiger partial charge in [0.05, 0.1) is 6.33 Å². The molecular formula is C5H5B2N4O2. The lowest BCUT2D eigenvalue weighted by Crippen LogP contribution is -2.35. The van der Waals surface area contributed by atoms with E-state index >= 15 is 0 Å². The Hall–Kier alpha value is -1.72. The summed E-state index contributed by atoms with van der Waals surface area (Å²) in [7, 11) is 6.36. The van der Waals surface area contributed by atoms with E-state index in [9.17, 15) is 9.59 Å². The number of hydrogen-bond donors (Lipinski definition) is 2. The second kappa shape index (κ2) is 3.79. The van der Waals surface area contributed by atoms with Gasteiger partial charge in [0, 0.05) is 13.9 Å². The van der Waals surface area contributed by atoms with E-state index in [2.05, 4.69) is 4.98 Å². The van der Waals surface area contributed by atoms with Crippen LogP contribution in [0.15, 0.2) is 12.5 Å². The van der Waals surface area contributed by atoms with Crippen LogP contribution in [-0.2, 0) is 0 Å². The zero-order valence-electron chi connectivity index (χ0n) is 6.60. The molecule has 1 aromatic rings. The third-order valence-electron chi connectivity index (χ3n) is 1.24. The Labute approximate surface area is 76.2 Å². The third kappa shape index (κ3) is 2.36. The molecule has 0 spiro atoms. The Kier molecular flexibility index (Phi) is 2.73. The first-order valence-corrected chi connectivity index (χ1v) is 3.33. The SMILES string of the molecule is [B][B]n1cnc(C(=O)NC(N)=O)c1. The second-order valence-electron chi connectivity index (χ2n) is 2.17. The van der Waals surface area contributed by atoms with Crippen molar-refractivity contribution in [2.75, 3.05) is 0 Å². The summed E-state index contributed by atoms with van der Waals surface area (Å²) >= 11 is 0. The number of nitrogens with two attached hydrogens (primary N) is 1. The standard InChI is InChI=1S/C5H5B2N4O2/c6-7-11-1-3(9-2-11)4(12)10-5(8)13/h1-2H,(H3,8,10,12,13). The van der Waals surface area contributed by atoms with Crippen molar-refractivity contribution in [2.45, 2.75) is 0 Å². The predicted molar refractivity (Wildman–Crippen MR) is 46.2 cm³/mol. The fraction of sp³-hybridized carbons (Fsp3) is 0. The second-order valence-corrected chi connectivity index (χ2v) is 2.17. The maximum Gasteiger partial charge on any atom is 0.319 e. The lowest BCUT2D eigenvalue weighted by atomic mass is 9.67. The maximum absolute atomic E-state index is 11.0. The minimum Gasteiger partial charge on any atom is -0.397 e. The minimum atomic E-state index is -0.920. The van der Waals surface area contributed by atoms with Gasteiger partial charge in [0.25, 0.3) is 5.91 Å². The first-order valence-electron chi connectivity index (χ1n) is 3.33. The number of carbonyl (C=O) groups excluding carboxylic acids is 2. The van der Waals surface area contributed by atoms with Crippen molar-refractivity contribution in [1.82, 2.24) is 14.8 Å². The highest BCUT2D eigenvalue weighted by Crippen LogP contribution is 1.93. The molecule has 1 heterocycles. The average Bonchev–Trinajstić information content (AvgIpc) is 2.50. The van der Waals surface area contributed by atoms with Crippen LogP contribution < -0.4 is 11.1 Å². The summed E-state index contributed by atoms with van der Waals surface area (Å²) in [6, 6.07) is -0.920. The van der Waals surface area contributed by atoms with E-state index in [1.807, 2.05) is 5.32 Å². The molecule has 0 fully saturated rings. The summed E-state index contributed by atoms with van der Waals surface area (Å²) in [4.78, 5) is 25.0. The van der Waals surface area contributed by atoms with E-state index in [-0.39, 0.29) is 5.69 Å². The van der Waals surface area contributed by atoms with E-state index < -0.39 is 11.9 Å². The number of nitrogens with zero attached hydrogens (tertiary/aromatic N) is 2. The van der Waals surface area contributed by atoms with Crippen LogP contribution in [0.25, 0.3) is 0 Å². The first-order chi connectivity index (χ1) is 6.13. The van der Waals surface area contributed by atoms with Crippen LogP contribution in [0.5, 0.6) is 0 Å². The van der Waals surface area contributed by atoms with Crippen molar-refractivity contribution in [3.05, 3.63) is 18.2 Å². The van der Waals surface area contributed by atoms with Gasteiger partial charge in [-0.3, -0.25) is 10.1 Å². The Morgan fingerprint density at radius 1 is 1.69 bits per heavy atom. The van der Waals surface area contributed by atoms with Crippen LogP contribution in [0.4, 0.5) is 4.79 Å². The molecule has 0 saturated heterocycles. The summed E-state index contributed by atoms with van der Waals surface area (Å²) in [5, 5.41) is 1.87. The molecule has 0 aliphatic heterocycles. The van der Waals surface area contributed by atoms with Crippen molar-refractivity contribution in [2.24, 2.45) is 5.73 Å². The maximum atomic E-state index is 11.0. The van der Waals surface area contributed by atoms with Gasteiger partial charge in [0.2, 0.25) is 0 Å². The molecule has 63 valence electrons. The monoisotopic (exact) mass is 175 g/mol. The molecule has 0 aliphatic carbocycles. The van der Waals surface area contributed by atoms with Crippen molar-refractivity contribution >= 4 is 27.0 Å². The minimum absolute atomic E-state index is 0.0699. The van der Waals surface area contributed by atoms with Crippen LogP contribution in [-0.4, -0.2) is 36.4 Å². The zero-order valence-corrected chi connectivity index (χ0v) is 6.60. The molecule has 3 amide bonds. The lowest BCUT2D eigenvalue weighted by molar-refractivity contribution is 0.0962. The zero-order chi connectivity index (χ0) is 9.84. The Balaban J connectivity index is 2.71. The smallest absolute Gasteiger partial charge is 0.319 e. The highest BCUT2D eigenvalue weighted by atomic mass is 16.2. The molecule has 13 heavy (non-hydrogen) atoms. The quantitative estimate of drug-likeness (QED) is 0.521. The molecule has 0 unspecified atom stereocenters. The Morgan fingerprint density at radius 3 is 2.85 bits per heavy atom. The third-order valence-corrected chi connectivity index (χ3v) is 1.24. The molecule has 3 N–H and O–H groups in total. The topological polar surface area (TPSA) is 90.0 Å². The number of imidazole rings is 1. The van der Waals surface area contributed by atoms with Crippen molar-refractivity contribution in [1.29, 1.82) is 0 Å².